The standard InChI is InChI=1S/C31H36Cl4N3O/c1-7-36(8-2)19-13-24(34)31(25(35)14-19)30-20-15-22(32)26(37(9-3)10-4)17-28(20)39-29-18-27(38(11-5)12-6)23(33)16-21(29)30/h13-18H,7-12H2,1-6H3/q+1. The van der Waals surface area contributed by atoms with Crippen LogP contribution in [0.15, 0.2) is 40.8 Å². The van der Waals surface area contributed by atoms with Crippen LogP contribution in [0.2, 0.25) is 20.1 Å². The van der Waals surface area contributed by atoms with Crippen molar-refractivity contribution in [3.63, 3.8) is 0 Å². The van der Waals surface area contributed by atoms with E-state index in [-0.39, 0.29) is 0 Å². The Morgan fingerprint density at radius 1 is 0.641 bits per heavy atom. The number of benzene rings is 3. The van der Waals surface area contributed by atoms with E-state index in [0.29, 0.717) is 31.4 Å². The molecule has 4 rings (SSSR count). The van der Waals surface area contributed by atoms with Crippen LogP contribution in [0.1, 0.15) is 41.5 Å². The summed E-state index contributed by atoms with van der Waals surface area (Å²) in [7, 11) is 0. The summed E-state index contributed by atoms with van der Waals surface area (Å²) in [5, 5.41) is 4.15. The van der Waals surface area contributed by atoms with Gasteiger partial charge in [-0.25, -0.2) is 4.58 Å². The normalized spacial score (nSPS) is 11.4. The van der Waals surface area contributed by atoms with Gasteiger partial charge in [0.25, 0.3) is 0 Å². The molecule has 0 radical (unpaired) electrons. The lowest BCUT2D eigenvalue weighted by Crippen LogP contribution is -2.30. The average Bonchev–Trinajstić information content (AvgIpc) is 2.91. The maximum absolute atomic E-state index is 7.04. The Kier molecular flexibility index (Phi) is 9.65. The highest BCUT2D eigenvalue weighted by molar-refractivity contribution is 6.41. The molecule has 1 aliphatic heterocycles. The quantitative estimate of drug-likeness (QED) is 0.140. The van der Waals surface area contributed by atoms with Gasteiger partial charge < -0.3 is 14.2 Å². The van der Waals surface area contributed by atoms with Crippen molar-refractivity contribution in [1.29, 1.82) is 0 Å². The maximum atomic E-state index is 7.04. The van der Waals surface area contributed by atoms with Crippen LogP contribution in [-0.4, -0.2) is 39.3 Å². The van der Waals surface area contributed by atoms with Gasteiger partial charge in [-0.3, -0.25) is 0 Å². The third-order valence-electron chi connectivity index (χ3n) is 7.47. The minimum atomic E-state index is 0.561. The number of halogens is 4. The molecule has 0 bridgehead atoms. The SMILES string of the molecule is CCN(CC)c1cc(Cl)c(-c2c3cc(Cl)c(=[N+](CC)CC)cc-3oc3cc(N(CC)CC)c(Cl)cc23)c(Cl)c1. The number of fused-ring (bicyclic) bond motifs is 2. The first-order chi connectivity index (χ1) is 18.7. The molecule has 1 aliphatic carbocycles. The summed E-state index contributed by atoms with van der Waals surface area (Å²) in [4.78, 5) is 4.43. The number of anilines is 2. The van der Waals surface area contributed by atoms with Crippen molar-refractivity contribution in [2.24, 2.45) is 0 Å². The molecule has 0 saturated heterocycles. The first-order valence-corrected chi connectivity index (χ1v) is 15.2. The van der Waals surface area contributed by atoms with Crippen LogP contribution >= 0.6 is 46.4 Å². The first-order valence-electron chi connectivity index (χ1n) is 13.7. The van der Waals surface area contributed by atoms with Gasteiger partial charge in [-0.2, -0.15) is 0 Å². The fraction of sp³-hybridized carbons (Fsp3) is 0.387. The molecule has 2 aliphatic rings. The molecule has 0 spiro atoms. The summed E-state index contributed by atoms with van der Waals surface area (Å²) < 4.78 is 8.80. The molecule has 0 atom stereocenters. The van der Waals surface area contributed by atoms with Crippen molar-refractivity contribution >= 4 is 68.7 Å². The monoisotopic (exact) mass is 606 g/mol. The van der Waals surface area contributed by atoms with Gasteiger partial charge in [-0.1, -0.05) is 46.4 Å². The smallest absolute Gasteiger partial charge is 0.222 e. The van der Waals surface area contributed by atoms with E-state index >= 15 is 0 Å². The summed E-state index contributed by atoms with van der Waals surface area (Å²) in [6, 6.07) is 11.9. The summed E-state index contributed by atoms with van der Waals surface area (Å²) in [5.41, 5.74) is 5.03. The second kappa shape index (κ2) is 12.6. The molecule has 8 heteroatoms. The molecule has 39 heavy (non-hydrogen) atoms. The Balaban J connectivity index is 2.17. The van der Waals surface area contributed by atoms with Crippen LogP contribution in [0.5, 0.6) is 0 Å². The number of rotatable bonds is 9. The lowest BCUT2D eigenvalue weighted by molar-refractivity contribution is 0.604. The molecule has 0 N–H and O–H groups in total. The fourth-order valence-corrected chi connectivity index (χ4v) is 6.59. The Morgan fingerprint density at radius 3 is 1.77 bits per heavy atom. The minimum Gasteiger partial charge on any atom is -0.456 e. The number of hydrogen-bond acceptors (Lipinski definition) is 3. The van der Waals surface area contributed by atoms with Gasteiger partial charge in [0.05, 0.1) is 26.8 Å². The Labute approximate surface area is 251 Å². The summed E-state index contributed by atoms with van der Waals surface area (Å²) >= 11 is 27.9. The first kappa shape index (κ1) is 29.9. The van der Waals surface area contributed by atoms with Crippen molar-refractivity contribution in [3.8, 4) is 22.5 Å². The average molecular weight is 608 g/mol. The van der Waals surface area contributed by atoms with Gasteiger partial charge in [0, 0.05) is 60.0 Å². The van der Waals surface area contributed by atoms with Crippen molar-refractivity contribution in [2.75, 3.05) is 49.1 Å². The highest BCUT2D eigenvalue weighted by atomic mass is 35.5. The fourth-order valence-electron chi connectivity index (χ4n) is 5.36. The molecule has 1 heterocycles. The van der Waals surface area contributed by atoms with E-state index < -0.39 is 0 Å². The number of hydrogen-bond donors (Lipinski definition) is 0. The van der Waals surface area contributed by atoms with E-state index in [0.717, 1.165) is 78.1 Å². The van der Waals surface area contributed by atoms with E-state index in [2.05, 4.69) is 55.9 Å². The third-order valence-corrected chi connectivity index (χ3v) is 8.67. The van der Waals surface area contributed by atoms with Crippen LogP contribution in [-0.2, 0) is 0 Å². The van der Waals surface area contributed by atoms with Gasteiger partial charge in [0.2, 0.25) is 5.36 Å². The van der Waals surface area contributed by atoms with E-state index in [1.807, 2.05) is 36.4 Å². The van der Waals surface area contributed by atoms with E-state index in [1.54, 1.807) is 0 Å². The van der Waals surface area contributed by atoms with Crippen molar-refractivity contribution < 1.29 is 4.42 Å². The summed E-state index contributed by atoms with van der Waals surface area (Å²) in [6.45, 7) is 17.7. The Morgan fingerprint density at radius 2 is 1.23 bits per heavy atom. The molecular formula is C31H36Cl4N3O+. The van der Waals surface area contributed by atoms with E-state index in [9.17, 15) is 0 Å². The van der Waals surface area contributed by atoms with Crippen LogP contribution in [0, 0.1) is 0 Å². The van der Waals surface area contributed by atoms with Gasteiger partial charge >= 0.3 is 0 Å². The topological polar surface area (TPSA) is 22.6 Å². The Hall–Kier alpha value is -2.11. The second-order valence-electron chi connectivity index (χ2n) is 9.38. The molecule has 0 saturated carbocycles. The zero-order chi connectivity index (χ0) is 28.4. The second-order valence-corrected chi connectivity index (χ2v) is 11.0. The maximum Gasteiger partial charge on any atom is 0.222 e. The van der Waals surface area contributed by atoms with Crippen molar-refractivity contribution in [1.82, 2.24) is 4.58 Å². The molecular weight excluding hydrogens is 572 g/mol. The van der Waals surface area contributed by atoms with E-state index in [4.69, 9.17) is 50.8 Å². The van der Waals surface area contributed by atoms with Crippen LogP contribution in [0.4, 0.5) is 11.4 Å². The molecule has 2 aromatic rings. The zero-order valence-corrected chi connectivity index (χ0v) is 26.5. The van der Waals surface area contributed by atoms with Gasteiger partial charge in [0.1, 0.15) is 29.5 Å². The number of nitrogens with zero attached hydrogens (tertiary/aromatic N) is 3. The lowest BCUT2D eigenvalue weighted by atomic mass is 9.93. The third kappa shape index (κ3) is 5.59. The molecule has 0 fully saturated rings. The van der Waals surface area contributed by atoms with Crippen molar-refractivity contribution in [3.05, 3.63) is 61.8 Å². The van der Waals surface area contributed by atoms with Gasteiger partial charge in [0.15, 0.2) is 0 Å². The summed E-state index contributed by atoms with van der Waals surface area (Å²) in [6.07, 6.45) is 0. The molecule has 0 unspecified atom stereocenters. The lowest BCUT2D eigenvalue weighted by Gasteiger charge is -2.25. The van der Waals surface area contributed by atoms with Gasteiger partial charge in [-0.05, 0) is 65.8 Å². The Bertz CT molecular complexity index is 1510. The molecule has 0 amide bonds. The minimum absolute atomic E-state index is 0.561. The largest absolute Gasteiger partial charge is 0.456 e. The van der Waals surface area contributed by atoms with Crippen LogP contribution < -0.4 is 19.7 Å². The zero-order valence-electron chi connectivity index (χ0n) is 23.5. The molecule has 2 aromatic carbocycles. The predicted octanol–water partition coefficient (Wildman–Crippen LogP) is 9.32. The molecule has 4 nitrogen and oxygen atoms in total. The van der Waals surface area contributed by atoms with Crippen molar-refractivity contribution in [2.45, 2.75) is 41.5 Å². The predicted molar refractivity (Wildman–Crippen MR) is 172 cm³/mol. The molecule has 208 valence electrons. The van der Waals surface area contributed by atoms with Crippen LogP contribution in [0.25, 0.3) is 33.4 Å². The van der Waals surface area contributed by atoms with Gasteiger partial charge in [-0.15, -0.1) is 0 Å². The van der Waals surface area contributed by atoms with E-state index in [1.165, 1.54) is 0 Å². The molecule has 0 aromatic heterocycles. The highest BCUT2D eigenvalue weighted by Gasteiger charge is 2.25. The van der Waals surface area contributed by atoms with Crippen LogP contribution in [0.3, 0.4) is 0 Å². The summed E-state index contributed by atoms with van der Waals surface area (Å²) in [5.74, 6) is 0.705. The highest BCUT2D eigenvalue weighted by Crippen LogP contribution is 2.48.